The minimum Gasteiger partial charge on any atom is -0.385 e. The Morgan fingerprint density at radius 3 is 2.64 bits per heavy atom. The van der Waals surface area contributed by atoms with Gasteiger partial charge in [0.25, 0.3) is 0 Å². The zero-order valence-electron chi connectivity index (χ0n) is 16.2. The molecule has 0 saturated heterocycles. The number of aliphatic imine (C=N–C) groups is 1. The summed E-state index contributed by atoms with van der Waals surface area (Å²) in [6.07, 6.45) is 1.05. The van der Waals surface area contributed by atoms with Gasteiger partial charge < -0.3 is 25.0 Å². The number of likely N-dealkylation sites (N-methyl/N-ethyl adjacent to an activating group) is 1. The average Bonchev–Trinajstić information content (AvgIpc) is 2.60. The molecule has 1 aromatic rings. The second-order valence-electron chi connectivity index (χ2n) is 6.02. The van der Waals surface area contributed by atoms with Gasteiger partial charge in [0.15, 0.2) is 5.96 Å². The molecule has 1 aromatic carbocycles. The Hall–Kier alpha value is -1.63. The van der Waals surface area contributed by atoms with Crippen molar-refractivity contribution in [2.75, 3.05) is 54.1 Å². The topological polar surface area (TPSA) is 58.1 Å². The molecule has 0 aromatic heterocycles. The fraction of sp³-hybridized carbons (Fsp3) is 0.632. The molecule has 0 heterocycles. The Morgan fingerprint density at radius 1 is 1.12 bits per heavy atom. The fourth-order valence-electron chi connectivity index (χ4n) is 2.45. The highest BCUT2D eigenvalue weighted by molar-refractivity contribution is 5.79. The van der Waals surface area contributed by atoms with Crippen molar-refractivity contribution < 1.29 is 9.47 Å². The molecular formula is C19H34N4O2. The molecule has 6 nitrogen and oxygen atoms in total. The van der Waals surface area contributed by atoms with Gasteiger partial charge in [0.05, 0.1) is 13.2 Å². The molecule has 0 saturated carbocycles. The number of methoxy groups -OCH3 is 2. The number of hydrogen-bond acceptors (Lipinski definition) is 4. The minimum atomic E-state index is 0.630. The highest BCUT2D eigenvalue weighted by atomic mass is 16.5. The van der Waals surface area contributed by atoms with Crippen LogP contribution in [-0.4, -0.2) is 64.9 Å². The van der Waals surface area contributed by atoms with E-state index in [0.717, 1.165) is 45.2 Å². The monoisotopic (exact) mass is 350 g/mol. The summed E-state index contributed by atoms with van der Waals surface area (Å²) in [5, 5.41) is 6.69. The summed E-state index contributed by atoms with van der Waals surface area (Å²) < 4.78 is 10.3. The van der Waals surface area contributed by atoms with Crippen LogP contribution in [0.3, 0.4) is 0 Å². The van der Waals surface area contributed by atoms with E-state index in [1.54, 1.807) is 14.2 Å². The van der Waals surface area contributed by atoms with E-state index in [9.17, 15) is 0 Å². The van der Waals surface area contributed by atoms with Gasteiger partial charge in [-0.2, -0.15) is 0 Å². The van der Waals surface area contributed by atoms with Crippen LogP contribution in [0.2, 0.25) is 0 Å². The number of benzene rings is 1. The molecule has 25 heavy (non-hydrogen) atoms. The minimum absolute atomic E-state index is 0.630. The Bertz CT molecular complexity index is 494. The van der Waals surface area contributed by atoms with Crippen molar-refractivity contribution in [2.45, 2.75) is 26.5 Å². The van der Waals surface area contributed by atoms with Crippen molar-refractivity contribution >= 4 is 5.96 Å². The van der Waals surface area contributed by atoms with Gasteiger partial charge >= 0.3 is 0 Å². The molecule has 142 valence electrons. The normalized spacial score (nSPS) is 11.8. The maximum Gasteiger partial charge on any atom is 0.191 e. The first-order valence-electron chi connectivity index (χ1n) is 8.96. The summed E-state index contributed by atoms with van der Waals surface area (Å²) in [7, 11) is 5.58. The molecule has 6 heteroatoms. The van der Waals surface area contributed by atoms with E-state index < -0.39 is 0 Å². The van der Waals surface area contributed by atoms with Crippen molar-refractivity contribution in [3.8, 4) is 0 Å². The molecule has 0 aliphatic heterocycles. The van der Waals surface area contributed by atoms with Gasteiger partial charge in [-0.3, -0.25) is 0 Å². The van der Waals surface area contributed by atoms with E-state index in [1.807, 2.05) is 0 Å². The number of ether oxygens (including phenoxy) is 2. The van der Waals surface area contributed by atoms with E-state index >= 15 is 0 Å². The average molecular weight is 351 g/mol. The van der Waals surface area contributed by atoms with Gasteiger partial charge in [-0.25, -0.2) is 4.99 Å². The van der Waals surface area contributed by atoms with Crippen LogP contribution in [0.1, 0.15) is 24.5 Å². The molecule has 0 amide bonds. The quantitative estimate of drug-likeness (QED) is 0.342. The van der Waals surface area contributed by atoms with Crippen LogP contribution in [0.4, 0.5) is 0 Å². The van der Waals surface area contributed by atoms with Gasteiger partial charge in [-0.1, -0.05) is 24.3 Å². The Kier molecular flexibility index (Phi) is 11.7. The van der Waals surface area contributed by atoms with E-state index in [4.69, 9.17) is 9.47 Å². The number of nitrogens with zero attached hydrogens (tertiary/aromatic N) is 2. The lowest BCUT2D eigenvalue weighted by Gasteiger charge is -2.18. The summed E-state index contributed by atoms with van der Waals surface area (Å²) in [4.78, 5) is 6.97. The van der Waals surface area contributed by atoms with E-state index in [1.165, 1.54) is 11.1 Å². The van der Waals surface area contributed by atoms with Gasteiger partial charge in [-0.05, 0) is 31.5 Å². The summed E-state index contributed by atoms with van der Waals surface area (Å²) >= 11 is 0. The number of nitrogens with one attached hydrogen (secondary N) is 2. The third-order valence-electron chi connectivity index (χ3n) is 3.74. The molecule has 0 radical (unpaired) electrons. The first-order chi connectivity index (χ1) is 12.2. The first kappa shape index (κ1) is 21.4. The van der Waals surface area contributed by atoms with Crippen molar-refractivity contribution in [3.63, 3.8) is 0 Å². The van der Waals surface area contributed by atoms with Crippen molar-refractivity contribution in [1.82, 2.24) is 15.5 Å². The van der Waals surface area contributed by atoms with Crippen LogP contribution in [0.15, 0.2) is 29.3 Å². The van der Waals surface area contributed by atoms with Gasteiger partial charge in [-0.15, -0.1) is 0 Å². The second-order valence-corrected chi connectivity index (χ2v) is 6.02. The standard InChI is InChI=1S/C19H34N4O2/c1-5-20-19(21-10-12-23(2)11-7-13-24-3)22-15-17-8-6-9-18(14-17)16-25-4/h6,8-9,14H,5,7,10-13,15-16H2,1-4H3,(H2,20,21,22). The SMILES string of the molecule is CCNC(=NCc1cccc(COC)c1)NCCN(C)CCCOC. The Labute approximate surface area is 152 Å². The van der Waals surface area contributed by atoms with Crippen molar-refractivity contribution in [1.29, 1.82) is 0 Å². The molecule has 0 bridgehead atoms. The molecule has 0 unspecified atom stereocenters. The number of rotatable bonds is 12. The fourth-order valence-corrected chi connectivity index (χ4v) is 2.45. The lowest BCUT2D eigenvalue weighted by atomic mass is 10.1. The Balaban J connectivity index is 2.44. The summed E-state index contributed by atoms with van der Waals surface area (Å²) in [6, 6.07) is 8.35. The highest BCUT2D eigenvalue weighted by Gasteiger charge is 2.01. The van der Waals surface area contributed by atoms with Crippen LogP contribution in [0.25, 0.3) is 0 Å². The molecule has 0 aliphatic carbocycles. The van der Waals surface area contributed by atoms with Gasteiger partial charge in [0.1, 0.15) is 0 Å². The third kappa shape index (κ3) is 10.1. The lowest BCUT2D eigenvalue weighted by molar-refractivity contribution is 0.180. The molecule has 1 rings (SSSR count). The number of guanidine groups is 1. The smallest absolute Gasteiger partial charge is 0.191 e. The van der Waals surface area contributed by atoms with Crippen LogP contribution < -0.4 is 10.6 Å². The maximum atomic E-state index is 5.18. The van der Waals surface area contributed by atoms with Gasteiger partial charge in [0.2, 0.25) is 0 Å². The predicted molar refractivity (Wildman–Crippen MR) is 104 cm³/mol. The van der Waals surface area contributed by atoms with E-state index in [2.05, 4.69) is 58.8 Å². The maximum absolute atomic E-state index is 5.18. The summed E-state index contributed by atoms with van der Waals surface area (Å²) in [6.45, 7) is 7.88. The van der Waals surface area contributed by atoms with E-state index in [-0.39, 0.29) is 0 Å². The third-order valence-corrected chi connectivity index (χ3v) is 3.74. The molecule has 0 fully saturated rings. The summed E-state index contributed by atoms with van der Waals surface area (Å²) in [5.74, 6) is 0.852. The van der Waals surface area contributed by atoms with Gasteiger partial charge in [0, 0.05) is 47.0 Å². The molecule has 0 aliphatic rings. The number of hydrogen-bond donors (Lipinski definition) is 2. The largest absolute Gasteiger partial charge is 0.385 e. The molecular weight excluding hydrogens is 316 g/mol. The van der Waals surface area contributed by atoms with Crippen LogP contribution in [0, 0.1) is 0 Å². The van der Waals surface area contributed by atoms with Crippen LogP contribution >= 0.6 is 0 Å². The predicted octanol–water partition coefficient (Wildman–Crippen LogP) is 1.86. The Morgan fingerprint density at radius 2 is 1.92 bits per heavy atom. The van der Waals surface area contributed by atoms with Crippen molar-refractivity contribution in [3.05, 3.63) is 35.4 Å². The highest BCUT2D eigenvalue weighted by Crippen LogP contribution is 2.07. The summed E-state index contributed by atoms with van der Waals surface area (Å²) in [5.41, 5.74) is 2.36. The zero-order chi connectivity index (χ0) is 18.3. The zero-order valence-corrected chi connectivity index (χ0v) is 16.2. The molecule has 0 spiro atoms. The second kappa shape index (κ2) is 13.6. The van der Waals surface area contributed by atoms with Crippen LogP contribution in [-0.2, 0) is 22.6 Å². The molecule has 2 N–H and O–H groups in total. The van der Waals surface area contributed by atoms with Crippen molar-refractivity contribution in [2.24, 2.45) is 4.99 Å². The van der Waals surface area contributed by atoms with E-state index in [0.29, 0.717) is 13.2 Å². The van der Waals surface area contributed by atoms with Crippen LogP contribution in [0.5, 0.6) is 0 Å². The first-order valence-corrected chi connectivity index (χ1v) is 8.96. The lowest BCUT2D eigenvalue weighted by Crippen LogP contribution is -2.41. The molecule has 0 atom stereocenters.